The molecule has 0 aromatic heterocycles. The van der Waals surface area contributed by atoms with Gasteiger partial charge in [0.1, 0.15) is 0 Å². The number of terminal acetylenes is 1. The molecule has 0 bridgehead atoms. The molecule has 2 heteroatoms. The molecule has 1 N–H and O–H groups in total. The second kappa shape index (κ2) is 7.84. The third-order valence-electron chi connectivity index (χ3n) is 2.39. The van der Waals surface area contributed by atoms with E-state index in [0.29, 0.717) is 6.04 Å². The normalized spacial score (nSPS) is 13.2. The lowest BCUT2D eigenvalue weighted by Gasteiger charge is -2.31. The van der Waals surface area contributed by atoms with Crippen molar-refractivity contribution in [2.75, 3.05) is 13.2 Å². The molecule has 2 nitrogen and oxygen atoms in total. The summed E-state index contributed by atoms with van der Waals surface area (Å²) < 4.78 is 0. The van der Waals surface area contributed by atoms with Gasteiger partial charge in [-0.1, -0.05) is 19.3 Å². The quantitative estimate of drug-likeness (QED) is 0.630. The van der Waals surface area contributed by atoms with Crippen molar-refractivity contribution in [1.29, 1.82) is 0 Å². The standard InChI is InChI=1S/C12H23NO/c1-5-8-12(6-2)13(11(3)4)9-7-10-14/h2,11-12,14H,5,7-10H2,1,3-4H3. The highest BCUT2D eigenvalue weighted by molar-refractivity contribution is 5.00. The zero-order chi connectivity index (χ0) is 11.0. The van der Waals surface area contributed by atoms with Crippen LogP contribution in [-0.4, -0.2) is 35.2 Å². The van der Waals surface area contributed by atoms with Gasteiger partial charge >= 0.3 is 0 Å². The molecular weight excluding hydrogens is 174 g/mol. The summed E-state index contributed by atoms with van der Waals surface area (Å²) in [6, 6.07) is 0.681. The summed E-state index contributed by atoms with van der Waals surface area (Å²) in [4.78, 5) is 2.29. The minimum Gasteiger partial charge on any atom is -0.396 e. The Labute approximate surface area is 88.3 Å². The van der Waals surface area contributed by atoms with Gasteiger partial charge in [0.05, 0.1) is 6.04 Å². The Morgan fingerprint density at radius 1 is 1.43 bits per heavy atom. The fourth-order valence-electron chi connectivity index (χ4n) is 1.65. The number of nitrogens with zero attached hydrogens (tertiary/aromatic N) is 1. The smallest absolute Gasteiger partial charge is 0.0714 e. The van der Waals surface area contributed by atoms with Crippen molar-refractivity contribution in [2.45, 2.75) is 52.1 Å². The van der Waals surface area contributed by atoms with E-state index in [2.05, 4.69) is 31.6 Å². The molecule has 0 aromatic rings. The third-order valence-corrected chi connectivity index (χ3v) is 2.39. The lowest BCUT2D eigenvalue weighted by atomic mass is 10.1. The summed E-state index contributed by atoms with van der Waals surface area (Å²) in [5.74, 6) is 2.84. The van der Waals surface area contributed by atoms with Crippen molar-refractivity contribution in [1.82, 2.24) is 4.90 Å². The highest BCUT2D eigenvalue weighted by Gasteiger charge is 2.17. The summed E-state index contributed by atoms with van der Waals surface area (Å²) in [7, 11) is 0. The minimum absolute atomic E-state index is 0.228. The maximum absolute atomic E-state index is 8.80. The van der Waals surface area contributed by atoms with Crippen LogP contribution in [0.2, 0.25) is 0 Å². The maximum atomic E-state index is 8.80. The van der Waals surface area contributed by atoms with Crippen molar-refractivity contribution in [2.24, 2.45) is 0 Å². The number of aliphatic hydroxyl groups is 1. The Balaban J connectivity index is 4.22. The molecule has 0 spiro atoms. The van der Waals surface area contributed by atoms with Crippen LogP contribution in [0, 0.1) is 12.3 Å². The van der Waals surface area contributed by atoms with Crippen LogP contribution in [0.25, 0.3) is 0 Å². The summed E-state index contributed by atoms with van der Waals surface area (Å²) in [6.45, 7) is 7.58. The first-order valence-electron chi connectivity index (χ1n) is 5.50. The van der Waals surface area contributed by atoms with Gasteiger partial charge in [0.15, 0.2) is 0 Å². The van der Waals surface area contributed by atoms with Crippen molar-refractivity contribution < 1.29 is 5.11 Å². The number of aliphatic hydroxyl groups excluding tert-OH is 1. The van der Waals surface area contributed by atoms with Crippen molar-refractivity contribution in [3.05, 3.63) is 0 Å². The zero-order valence-electron chi connectivity index (χ0n) is 9.66. The Morgan fingerprint density at radius 2 is 2.07 bits per heavy atom. The molecule has 0 radical (unpaired) electrons. The van der Waals surface area contributed by atoms with E-state index in [9.17, 15) is 0 Å². The Kier molecular flexibility index (Phi) is 7.55. The van der Waals surface area contributed by atoms with Gasteiger partial charge in [-0.05, 0) is 26.7 Å². The van der Waals surface area contributed by atoms with Crippen LogP contribution < -0.4 is 0 Å². The first-order valence-corrected chi connectivity index (χ1v) is 5.50. The zero-order valence-corrected chi connectivity index (χ0v) is 9.66. The molecule has 0 saturated carbocycles. The molecule has 0 heterocycles. The van der Waals surface area contributed by atoms with Crippen LogP contribution in [0.4, 0.5) is 0 Å². The van der Waals surface area contributed by atoms with Crippen LogP contribution in [0.5, 0.6) is 0 Å². The third kappa shape index (κ3) is 4.64. The van der Waals surface area contributed by atoms with Gasteiger partial charge < -0.3 is 5.11 Å². The van der Waals surface area contributed by atoms with Gasteiger partial charge in [0, 0.05) is 19.2 Å². The van der Waals surface area contributed by atoms with Crippen molar-refractivity contribution in [3.8, 4) is 12.3 Å². The Bertz CT molecular complexity index is 172. The second-order valence-electron chi connectivity index (χ2n) is 3.88. The number of rotatable bonds is 7. The van der Waals surface area contributed by atoms with E-state index in [4.69, 9.17) is 11.5 Å². The van der Waals surface area contributed by atoms with Gasteiger partial charge in [-0.2, -0.15) is 0 Å². The fraction of sp³-hybridized carbons (Fsp3) is 0.833. The molecule has 0 aliphatic rings. The molecule has 0 aliphatic heterocycles. The average molecular weight is 197 g/mol. The molecule has 1 atom stereocenters. The predicted molar refractivity (Wildman–Crippen MR) is 61.1 cm³/mol. The molecule has 0 amide bonds. The van der Waals surface area contributed by atoms with E-state index in [1.165, 1.54) is 0 Å². The second-order valence-corrected chi connectivity index (χ2v) is 3.88. The van der Waals surface area contributed by atoms with Gasteiger partial charge in [-0.15, -0.1) is 6.42 Å². The number of hydrogen-bond donors (Lipinski definition) is 1. The molecule has 14 heavy (non-hydrogen) atoms. The predicted octanol–water partition coefficient (Wildman–Crippen LogP) is 1.88. The fourth-order valence-corrected chi connectivity index (χ4v) is 1.65. The van der Waals surface area contributed by atoms with E-state index >= 15 is 0 Å². The molecule has 0 aliphatic carbocycles. The molecule has 0 rings (SSSR count). The highest BCUT2D eigenvalue weighted by atomic mass is 16.3. The molecular formula is C12H23NO. The van der Waals surface area contributed by atoms with E-state index in [-0.39, 0.29) is 12.6 Å². The van der Waals surface area contributed by atoms with Crippen LogP contribution in [-0.2, 0) is 0 Å². The summed E-state index contributed by atoms with van der Waals surface area (Å²) in [5, 5.41) is 8.80. The van der Waals surface area contributed by atoms with E-state index in [1.807, 2.05) is 0 Å². The van der Waals surface area contributed by atoms with Gasteiger partial charge in [-0.25, -0.2) is 0 Å². The van der Waals surface area contributed by atoms with Gasteiger partial charge in [-0.3, -0.25) is 4.90 Å². The van der Waals surface area contributed by atoms with E-state index in [1.54, 1.807) is 0 Å². The van der Waals surface area contributed by atoms with Crippen molar-refractivity contribution >= 4 is 0 Å². The molecule has 1 unspecified atom stereocenters. The Hall–Kier alpha value is -0.520. The number of hydrogen-bond acceptors (Lipinski definition) is 2. The summed E-state index contributed by atoms with van der Waals surface area (Å²) in [5.41, 5.74) is 0. The Morgan fingerprint density at radius 3 is 2.43 bits per heavy atom. The summed E-state index contributed by atoms with van der Waals surface area (Å²) in [6.07, 6.45) is 8.47. The average Bonchev–Trinajstić information content (AvgIpc) is 2.16. The summed E-state index contributed by atoms with van der Waals surface area (Å²) >= 11 is 0. The van der Waals surface area contributed by atoms with Crippen molar-refractivity contribution in [3.63, 3.8) is 0 Å². The molecule has 82 valence electrons. The highest BCUT2D eigenvalue weighted by Crippen LogP contribution is 2.10. The van der Waals surface area contributed by atoms with Crippen LogP contribution in [0.15, 0.2) is 0 Å². The molecule has 0 aromatic carbocycles. The monoisotopic (exact) mass is 197 g/mol. The van der Waals surface area contributed by atoms with Gasteiger partial charge in [0.25, 0.3) is 0 Å². The topological polar surface area (TPSA) is 23.5 Å². The molecule has 0 saturated heterocycles. The van der Waals surface area contributed by atoms with Crippen LogP contribution in [0.1, 0.15) is 40.0 Å². The van der Waals surface area contributed by atoms with Crippen LogP contribution in [0.3, 0.4) is 0 Å². The van der Waals surface area contributed by atoms with E-state index < -0.39 is 0 Å². The largest absolute Gasteiger partial charge is 0.396 e. The first-order chi connectivity index (χ1) is 6.67. The van der Waals surface area contributed by atoms with E-state index in [0.717, 1.165) is 25.8 Å². The minimum atomic E-state index is 0.228. The lowest BCUT2D eigenvalue weighted by Crippen LogP contribution is -2.40. The SMILES string of the molecule is C#CC(CCC)N(CCCO)C(C)C. The van der Waals surface area contributed by atoms with Gasteiger partial charge in [0.2, 0.25) is 0 Å². The van der Waals surface area contributed by atoms with Crippen LogP contribution >= 0.6 is 0 Å². The maximum Gasteiger partial charge on any atom is 0.0714 e. The lowest BCUT2D eigenvalue weighted by molar-refractivity contribution is 0.159. The first kappa shape index (κ1) is 13.5. The molecule has 0 fully saturated rings.